The molecule has 2 amide bonds. The predicted octanol–water partition coefficient (Wildman–Crippen LogP) is 2.79. The van der Waals surface area contributed by atoms with Crippen molar-refractivity contribution in [2.45, 2.75) is 25.6 Å². The van der Waals surface area contributed by atoms with Crippen molar-refractivity contribution in [3.05, 3.63) is 71.8 Å². The van der Waals surface area contributed by atoms with Crippen LogP contribution in [0.1, 0.15) is 24.1 Å². The molecule has 0 spiro atoms. The Hall–Kier alpha value is -2.82. The molecule has 24 heavy (non-hydrogen) atoms. The van der Waals surface area contributed by atoms with Gasteiger partial charge in [-0.05, 0) is 11.1 Å². The molecule has 1 heterocycles. The second kappa shape index (κ2) is 7.17. The van der Waals surface area contributed by atoms with Crippen molar-refractivity contribution in [2.24, 2.45) is 5.92 Å². The number of benzene rings is 2. The number of hydrogen-bond donors (Lipinski definition) is 2. The largest absolute Gasteiger partial charge is 0.445 e. The van der Waals surface area contributed by atoms with Gasteiger partial charge < -0.3 is 15.4 Å². The van der Waals surface area contributed by atoms with E-state index in [1.54, 1.807) is 6.92 Å². The minimum Gasteiger partial charge on any atom is -0.445 e. The number of ether oxygens (including phenoxy) is 1. The Morgan fingerprint density at radius 1 is 1.08 bits per heavy atom. The molecule has 3 rings (SSSR count). The SMILES string of the molecule is CC1C(=O)NC(c2ccccc2)C1NC(=O)OCc1ccccc1. The topological polar surface area (TPSA) is 67.4 Å². The van der Waals surface area contributed by atoms with Gasteiger partial charge in [0.15, 0.2) is 0 Å². The lowest BCUT2D eigenvalue weighted by atomic mass is 9.95. The lowest BCUT2D eigenvalue weighted by Gasteiger charge is -2.22. The van der Waals surface area contributed by atoms with Crippen LogP contribution in [0.4, 0.5) is 4.79 Å². The highest BCUT2D eigenvalue weighted by atomic mass is 16.5. The Balaban J connectivity index is 1.65. The third kappa shape index (κ3) is 3.56. The van der Waals surface area contributed by atoms with Crippen LogP contribution in [-0.4, -0.2) is 18.0 Å². The zero-order valence-corrected chi connectivity index (χ0v) is 13.4. The van der Waals surface area contributed by atoms with Gasteiger partial charge in [0.05, 0.1) is 18.0 Å². The van der Waals surface area contributed by atoms with Crippen LogP contribution in [0.25, 0.3) is 0 Å². The quantitative estimate of drug-likeness (QED) is 0.909. The smallest absolute Gasteiger partial charge is 0.407 e. The summed E-state index contributed by atoms with van der Waals surface area (Å²) in [6, 6.07) is 18.5. The number of amides is 2. The first-order valence-corrected chi connectivity index (χ1v) is 7.97. The summed E-state index contributed by atoms with van der Waals surface area (Å²) in [5.74, 6) is -0.392. The minimum absolute atomic E-state index is 0.0720. The fourth-order valence-electron chi connectivity index (χ4n) is 2.89. The van der Waals surface area contributed by atoms with Crippen LogP contribution in [0.15, 0.2) is 60.7 Å². The minimum atomic E-state index is -0.520. The van der Waals surface area contributed by atoms with Crippen molar-refractivity contribution in [3.8, 4) is 0 Å². The molecule has 2 N–H and O–H groups in total. The maximum atomic E-state index is 12.1. The standard InChI is InChI=1S/C19H20N2O3/c1-13-16(17(20-18(13)22)15-10-6-3-7-11-15)21-19(23)24-12-14-8-4-2-5-9-14/h2-11,13,16-17H,12H2,1H3,(H,20,22)(H,21,23). The molecule has 3 unspecified atom stereocenters. The normalized spacial score (nSPS) is 22.7. The monoisotopic (exact) mass is 324 g/mol. The number of carbonyl (C=O) groups excluding carboxylic acids is 2. The molecule has 0 aliphatic carbocycles. The fourth-order valence-corrected chi connectivity index (χ4v) is 2.89. The molecule has 1 saturated heterocycles. The van der Waals surface area contributed by atoms with Crippen LogP contribution in [0.5, 0.6) is 0 Å². The van der Waals surface area contributed by atoms with Gasteiger partial charge in [0.1, 0.15) is 6.61 Å². The van der Waals surface area contributed by atoms with Gasteiger partial charge in [-0.1, -0.05) is 67.6 Å². The van der Waals surface area contributed by atoms with E-state index < -0.39 is 6.09 Å². The maximum Gasteiger partial charge on any atom is 0.407 e. The number of nitrogens with one attached hydrogen (secondary N) is 2. The molecule has 2 aromatic rings. The van der Waals surface area contributed by atoms with Gasteiger partial charge in [-0.3, -0.25) is 4.79 Å². The molecule has 5 nitrogen and oxygen atoms in total. The summed E-state index contributed by atoms with van der Waals surface area (Å²) in [5, 5.41) is 5.77. The van der Waals surface area contributed by atoms with Crippen LogP contribution in [-0.2, 0) is 16.1 Å². The molecule has 1 aliphatic rings. The van der Waals surface area contributed by atoms with Gasteiger partial charge >= 0.3 is 6.09 Å². The third-order valence-electron chi connectivity index (χ3n) is 4.27. The zero-order chi connectivity index (χ0) is 16.9. The highest BCUT2D eigenvalue weighted by Gasteiger charge is 2.41. The summed E-state index contributed by atoms with van der Waals surface area (Å²) < 4.78 is 5.27. The first kappa shape index (κ1) is 16.1. The third-order valence-corrected chi connectivity index (χ3v) is 4.27. The maximum absolute atomic E-state index is 12.1. The Kier molecular flexibility index (Phi) is 4.79. The first-order valence-electron chi connectivity index (χ1n) is 7.97. The summed E-state index contributed by atoms with van der Waals surface area (Å²) in [5.41, 5.74) is 1.88. The molecule has 1 fully saturated rings. The molecular formula is C19H20N2O3. The average molecular weight is 324 g/mol. The van der Waals surface area contributed by atoms with Gasteiger partial charge in [-0.15, -0.1) is 0 Å². The van der Waals surface area contributed by atoms with Crippen molar-refractivity contribution in [1.29, 1.82) is 0 Å². The van der Waals surface area contributed by atoms with Crippen molar-refractivity contribution in [1.82, 2.24) is 10.6 Å². The van der Waals surface area contributed by atoms with E-state index in [-0.39, 0.29) is 30.5 Å². The van der Waals surface area contributed by atoms with E-state index in [1.165, 1.54) is 0 Å². The summed E-state index contributed by atoms with van der Waals surface area (Å²) >= 11 is 0. The Labute approximate surface area is 141 Å². The summed E-state index contributed by atoms with van der Waals surface area (Å²) in [4.78, 5) is 24.2. The van der Waals surface area contributed by atoms with Gasteiger partial charge in [0, 0.05) is 0 Å². The van der Waals surface area contributed by atoms with Gasteiger partial charge in [0.2, 0.25) is 5.91 Å². The molecular weight excluding hydrogens is 304 g/mol. The number of rotatable bonds is 4. The molecule has 0 radical (unpaired) electrons. The molecule has 0 aromatic heterocycles. The molecule has 0 saturated carbocycles. The van der Waals surface area contributed by atoms with Gasteiger partial charge in [0.25, 0.3) is 0 Å². The van der Waals surface area contributed by atoms with Crippen molar-refractivity contribution >= 4 is 12.0 Å². The highest BCUT2D eigenvalue weighted by Crippen LogP contribution is 2.28. The number of hydrogen-bond acceptors (Lipinski definition) is 3. The van der Waals surface area contributed by atoms with E-state index in [9.17, 15) is 9.59 Å². The van der Waals surface area contributed by atoms with Crippen molar-refractivity contribution in [3.63, 3.8) is 0 Å². The molecule has 0 bridgehead atoms. The average Bonchev–Trinajstić information content (AvgIpc) is 2.90. The van der Waals surface area contributed by atoms with Crippen molar-refractivity contribution in [2.75, 3.05) is 0 Å². The van der Waals surface area contributed by atoms with Gasteiger partial charge in [-0.25, -0.2) is 4.79 Å². The lowest BCUT2D eigenvalue weighted by Crippen LogP contribution is -2.41. The zero-order valence-electron chi connectivity index (χ0n) is 13.4. The van der Waals surface area contributed by atoms with Crippen LogP contribution in [0, 0.1) is 5.92 Å². The van der Waals surface area contributed by atoms with E-state index in [1.807, 2.05) is 60.7 Å². The molecule has 5 heteroatoms. The predicted molar refractivity (Wildman–Crippen MR) is 90.0 cm³/mol. The lowest BCUT2D eigenvalue weighted by molar-refractivity contribution is -0.122. The second-order valence-corrected chi connectivity index (χ2v) is 5.92. The summed E-state index contributed by atoms with van der Waals surface area (Å²) in [7, 11) is 0. The Morgan fingerprint density at radius 2 is 1.71 bits per heavy atom. The first-order chi connectivity index (χ1) is 11.6. The van der Waals surface area contributed by atoms with E-state index >= 15 is 0 Å². The van der Waals surface area contributed by atoms with E-state index in [2.05, 4.69) is 10.6 Å². The van der Waals surface area contributed by atoms with Crippen molar-refractivity contribution < 1.29 is 14.3 Å². The summed E-state index contributed by atoms with van der Waals surface area (Å²) in [6.07, 6.45) is -0.520. The van der Waals surface area contributed by atoms with Gasteiger partial charge in [-0.2, -0.15) is 0 Å². The highest BCUT2D eigenvalue weighted by molar-refractivity contribution is 5.83. The number of carbonyl (C=O) groups is 2. The fraction of sp³-hybridized carbons (Fsp3) is 0.263. The molecule has 124 valence electrons. The Morgan fingerprint density at radius 3 is 2.38 bits per heavy atom. The second-order valence-electron chi connectivity index (χ2n) is 5.92. The molecule has 2 aromatic carbocycles. The van der Waals surface area contributed by atoms with Crippen LogP contribution >= 0.6 is 0 Å². The number of alkyl carbamates (subject to hydrolysis) is 1. The Bertz CT molecular complexity index is 703. The van der Waals surface area contributed by atoms with E-state index in [0.29, 0.717) is 0 Å². The van der Waals surface area contributed by atoms with E-state index in [0.717, 1.165) is 11.1 Å². The molecule has 1 aliphatic heterocycles. The van der Waals surface area contributed by atoms with Crippen LogP contribution in [0.3, 0.4) is 0 Å². The molecule has 3 atom stereocenters. The van der Waals surface area contributed by atoms with Crippen LogP contribution in [0.2, 0.25) is 0 Å². The van der Waals surface area contributed by atoms with Crippen LogP contribution < -0.4 is 10.6 Å². The van der Waals surface area contributed by atoms with E-state index in [4.69, 9.17) is 4.74 Å². The summed E-state index contributed by atoms with van der Waals surface area (Å²) in [6.45, 7) is 2.01.